The van der Waals surface area contributed by atoms with Gasteiger partial charge in [0.2, 0.25) is 5.91 Å². The molecule has 1 aromatic carbocycles. The molecular formula is C14H21N3O4. The molecule has 7 nitrogen and oxygen atoms in total. The second-order valence-corrected chi connectivity index (χ2v) is 4.35. The van der Waals surface area contributed by atoms with E-state index < -0.39 is 18.0 Å². The first-order valence-electron chi connectivity index (χ1n) is 6.48. The maximum absolute atomic E-state index is 11.7. The number of urea groups is 1. The van der Waals surface area contributed by atoms with Crippen LogP contribution in [0.15, 0.2) is 18.2 Å². The molecule has 0 aliphatic heterocycles. The standard InChI is InChI=1S/C14H21N3O4/c1-9(13(18)17-14(19)15-2)16-8-10-5-6-11(20-3)7-12(10)21-4/h5-7,9,16H,8H2,1-4H3,(H2,15,17,18,19). The molecule has 0 spiro atoms. The van der Waals surface area contributed by atoms with Crippen LogP contribution in [0.4, 0.5) is 4.79 Å². The lowest BCUT2D eigenvalue weighted by Crippen LogP contribution is -2.47. The van der Waals surface area contributed by atoms with Crippen molar-refractivity contribution in [2.24, 2.45) is 0 Å². The number of carbonyl (C=O) groups is 2. The van der Waals surface area contributed by atoms with Gasteiger partial charge in [-0.3, -0.25) is 10.1 Å². The Labute approximate surface area is 124 Å². The number of hydrogen-bond acceptors (Lipinski definition) is 5. The van der Waals surface area contributed by atoms with Crippen molar-refractivity contribution < 1.29 is 19.1 Å². The van der Waals surface area contributed by atoms with Crippen LogP contribution < -0.4 is 25.4 Å². The van der Waals surface area contributed by atoms with Gasteiger partial charge in [0, 0.05) is 25.2 Å². The van der Waals surface area contributed by atoms with Gasteiger partial charge in [-0.2, -0.15) is 0 Å². The Kier molecular flexibility index (Phi) is 6.48. The molecule has 3 N–H and O–H groups in total. The van der Waals surface area contributed by atoms with Crippen molar-refractivity contribution in [1.29, 1.82) is 0 Å². The van der Waals surface area contributed by atoms with Gasteiger partial charge in [0.25, 0.3) is 0 Å². The van der Waals surface area contributed by atoms with Gasteiger partial charge in [-0.15, -0.1) is 0 Å². The van der Waals surface area contributed by atoms with E-state index in [1.807, 2.05) is 12.1 Å². The predicted molar refractivity (Wildman–Crippen MR) is 78.4 cm³/mol. The number of carbonyl (C=O) groups excluding carboxylic acids is 2. The lowest BCUT2D eigenvalue weighted by molar-refractivity contribution is -0.121. The van der Waals surface area contributed by atoms with E-state index in [-0.39, 0.29) is 0 Å². The lowest BCUT2D eigenvalue weighted by Gasteiger charge is -2.15. The predicted octanol–water partition coefficient (Wildman–Crippen LogP) is 0.637. The highest BCUT2D eigenvalue weighted by Gasteiger charge is 2.15. The van der Waals surface area contributed by atoms with E-state index in [1.165, 1.54) is 7.05 Å². The zero-order valence-corrected chi connectivity index (χ0v) is 12.6. The number of rotatable bonds is 6. The van der Waals surface area contributed by atoms with E-state index in [9.17, 15) is 9.59 Å². The first-order valence-corrected chi connectivity index (χ1v) is 6.48. The monoisotopic (exact) mass is 295 g/mol. The number of hydrogen-bond donors (Lipinski definition) is 3. The normalized spacial score (nSPS) is 11.4. The molecule has 0 aliphatic carbocycles. The summed E-state index contributed by atoms with van der Waals surface area (Å²) in [6.07, 6.45) is 0. The quantitative estimate of drug-likeness (QED) is 0.716. The third-order valence-corrected chi connectivity index (χ3v) is 2.95. The molecule has 0 bridgehead atoms. The molecule has 3 amide bonds. The Hall–Kier alpha value is -2.28. The third-order valence-electron chi connectivity index (χ3n) is 2.95. The molecule has 0 aliphatic rings. The van der Waals surface area contributed by atoms with E-state index in [0.29, 0.717) is 18.0 Å². The molecule has 0 saturated heterocycles. The number of ether oxygens (including phenoxy) is 2. The van der Waals surface area contributed by atoms with Crippen LogP contribution in [-0.2, 0) is 11.3 Å². The van der Waals surface area contributed by atoms with Crippen LogP contribution in [0.1, 0.15) is 12.5 Å². The summed E-state index contributed by atoms with van der Waals surface area (Å²) in [6.45, 7) is 2.10. The molecule has 0 fully saturated rings. The van der Waals surface area contributed by atoms with Crippen molar-refractivity contribution >= 4 is 11.9 Å². The highest BCUT2D eigenvalue weighted by Crippen LogP contribution is 2.24. The fraction of sp³-hybridized carbons (Fsp3) is 0.429. The van der Waals surface area contributed by atoms with Gasteiger partial charge in [-0.05, 0) is 13.0 Å². The van der Waals surface area contributed by atoms with Gasteiger partial charge >= 0.3 is 6.03 Å². The average molecular weight is 295 g/mol. The zero-order chi connectivity index (χ0) is 15.8. The van der Waals surface area contributed by atoms with Gasteiger partial charge < -0.3 is 20.1 Å². The Morgan fingerprint density at radius 3 is 2.52 bits per heavy atom. The molecule has 1 aromatic rings. The highest BCUT2D eigenvalue weighted by atomic mass is 16.5. The minimum atomic E-state index is -0.532. The molecule has 1 atom stereocenters. The molecule has 116 valence electrons. The first kappa shape index (κ1) is 16.8. The molecule has 0 heterocycles. The molecular weight excluding hydrogens is 274 g/mol. The Bertz CT molecular complexity index is 505. The maximum Gasteiger partial charge on any atom is 0.321 e. The van der Waals surface area contributed by atoms with Crippen LogP contribution >= 0.6 is 0 Å². The van der Waals surface area contributed by atoms with Crippen molar-refractivity contribution in [2.45, 2.75) is 19.5 Å². The van der Waals surface area contributed by atoms with E-state index in [0.717, 1.165) is 5.56 Å². The molecule has 1 unspecified atom stereocenters. The van der Waals surface area contributed by atoms with Crippen LogP contribution in [0.25, 0.3) is 0 Å². The summed E-state index contributed by atoms with van der Waals surface area (Å²) < 4.78 is 10.4. The van der Waals surface area contributed by atoms with E-state index in [1.54, 1.807) is 27.2 Å². The fourth-order valence-electron chi connectivity index (χ4n) is 1.64. The summed E-state index contributed by atoms with van der Waals surface area (Å²) in [5.74, 6) is 0.962. The summed E-state index contributed by atoms with van der Waals surface area (Å²) in [7, 11) is 4.60. The number of imide groups is 1. The van der Waals surface area contributed by atoms with Gasteiger partial charge in [-0.25, -0.2) is 4.79 Å². The van der Waals surface area contributed by atoms with Crippen molar-refractivity contribution in [3.05, 3.63) is 23.8 Å². The van der Waals surface area contributed by atoms with Gasteiger partial charge in [-0.1, -0.05) is 6.07 Å². The molecule has 1 rings (SSSR count). The van der Waals surface area contributed by atoms with Crippen LogP contribution in [0.3, 0.4) is 0 Å². The van der Waals surface area contributed by atoms with Crippen LogP contribution in [-0.4, -0.2) is 39.2 Å². The van der Waals surface area contributed by atoms with E-state index in [2.05, 4.69) is 16.0 Å². The van der Waals surface area contributed by atoms with Crippen LogP contribution in [0, 0.1) is 0 Å². The molecule has 0 saturated carbocycles. The summed E-state index contributed by atoms with van der Waals surface area (Å²) in [4.78, 5) is 22.8. The second kappa shape index (κ2) is 8.11. The summed E-state index contributed by atoms with van der Waals surface area (Å²) in [6, 6.07) is 4.39. The van der Waals surface area contributed by atoms with Crippen LogP contribution in [0.5, 0.6) is 11.5 Å². The second-order valence-electron chi connectivity index (χ2n) is 4.35. The smallest absolute Gasteiger partial charge is 0.321 e. The minimum absolute atomic E-state index is 0.401. The molecule has 7 heteroatoms. The molecule has 0 radical (unpaired) electrons. The molecule has 0 aromatic heterocycles. The average Bonchev–Trinajstić information content (AvgIpc) is 2.51. The number of amides is 3. The van der Waals surface area contributed by atoms with E-state index in [4.69, 9.17) is 9.47 Å². The largest absolute Gasteiger partial charge is 0.497 e. The van der Waals surface area contributed by atoms with Gasteiger partial charge in [0.1, 0.15) is 11.5 Å². The molecule has 21 heavy (non-hydrogen) atoms. The van der Waals surface area contributed by atoms with Gasteiger partial charge in [0.05, 0.1) is 20.3 Å². The Balaban J connectivity index is 2.62. The van der Waals surface area contributed by atoms with Crippen molar-refractivity contribution in [1.82, 2.24) is 16.0 Å². The maximum atomic E-state index is 11.7. The Morgan fingerprint density at radius 2 is 1.95 bits per heavy atom. The van der Waals surface area contributed by atoms with Crippen LogP contribution in [0.2, 0.25) is 0 Å². The SMILES string of the molecule is CNC(=O)NC(=O)C(C)NCc1ccc(OC)cc1OC. The number of methoxy groups -OCH3 is 2. The number of nitrogens with one attached hydrogen (secondary N) is 3. The highest BCUT2D eigenvalue weighted by molar-refractivity contribution is 5.96. The summed E-state index contributed by atoms with van der Waals surface area (Å²) >= 11 is 0. The lowest BCUT2D eigenvalue weighted by atomic mass is 10.1. The van der Waals surface area contributed by atoms with Crippen molar-refractivity contribution in [3.63, 3.8) is 0 Å². The van der Waals surface area contributed by atoms with E-state index >= 15 is 0 Å². The summed E-state index contributed by atoms with van der Waals surface area (Å²) in [5, 5.41) is 7.56. The van der Waals surface area contributed by atoms with Gasteiger partial charge in [0.15, 0.2) is 0 Å². The van der Waals surface area contributed by atoms with Crippen molar-refractivity contribution in [3.8, 4) is 11.5 Å². The summed E-state index contributed by atoms with van der Waals surface area (Å²) in [5.41, 5.74) is 0.887. The Morgan fingerprint density at radius 1 is 1.24 bits per heavy atom. The van der Waals surface area contributed by atoms with Crippen molar-refractivity contribution in [2.75, 3.05) is 21.3 Å². The number of benzene rings is 1. The zero-order valence-electron chi connectivity index (χ0n) is 12.6. The fourth-order valence-corrected chi connectivity index (χ4v) is 1.64. The topological polar surface area (TPSA) is 88.7 Å². The minimum Gasteiger partial charge on any atom is -0.497 e. The third kappa shape index (κ3) is 4.96. The first-order chi connectivity index (χ1) is 10.0.